The fourth-order valence-electron chi connectivity index (χ4n) is 2.19. The number of hydrogen-bond donors (Lipinski definition) is 2. The van der Waals surface area contributed by atoms with Crippen LogP contribution in [0.5, 0.6) is 5.75 Å². The van der Waals surface area contributed by atoms with Crippen LogP contribution in [0.2, 0.25) is 0 Å². The third-order valence-corrected chi connectivity index (χ3v) is 3.49. The Morgan fingerprint density at radius 1 is 1.16 bits per heavy atom. The summed E-state index contributed by atoms with van der Waals surface area (Å²) < 4.78 is 19.2. The van der Waals surface area contributed by atoms with Crippen molar-refractivity contribution in [1.29, 1.82) is 5.26 Å². The van der Waals surface area contributed by atoms with Gasteiger partial charge in [0, 0.05) is 31.3 Å². The van der Waals surface area contributed by atoms with Crippen molar-refractivity contribution in [2.45, 2.75) is 13.1 Å². The van der Waals surface area contributed by atoms with Gasteiger partial charge in [-0.1, -0.05) is 24.3 Å². The summed E-state index contributed by atoms with van der Waals surface area (Å²) >= 11 is 0. The molecule has 0 atom stereocenters. The topological polar surface area (TPSA) is 69.4 Å². The summed E-state index contributed by atoms with van der Waals surface area (Å²) in [7, 11) is 3.27. The van der Waals surface area contributed by atoms with Gasteiger partial charge in [-0.15, -0.1) is 24.0 Å². The SMILES string of the molecule is CN=C(NCc1ccc(C#N)cc1F)NCc1ccccc1OC.I. The average molecular weight is 454 g/mol. The van der Waals surface area contributed by atoms with Crippen molar-refractivity contribution < 1.29 is 9.13 Å². The smallest absolute Gasteiger partial charge is 0.191 e. The second-order valence-electron chi connectivity index (χ2n) is 5.01. The molecule has 0 bridgehead atoms. The third kappa shape index (κ3) is 5.90. The number of nitrogens with zero attached hydrogens (tertiary/aromatic N) is 2. The van der Waals surface area contributed by atoms with E-state index in [9.17, 15) is 4.39 Å². The molecule has 0 saturated heterocycles. The van der Waals surface area contributed by atoms with Crippen molar-refractivity contribution in [3.8, 4) is 11.8 Å². The molecule has 0 heterocycles. The zero-order chi connectivity index (χ0) is 17.4. The zero-order valence-corrected chi connectivity index (χ0v) is 16.4. The van der Waals surface area contributed by atoms with E-state index in [1.165, 1.54) is 6.07 Å². The number of hydrogen-bond acceptors (Lipinski definition) is 3. The summed E-state index contributed by atoms with van der Waals surface area (Å²) in [5.74, 6) is 0.921. The van der Waals surface area contributed by atoms with Crippen LogP contribution in [0.3, 0.4) is 0 Å². The van der Waals surface area contributed by atoms with E-state index in [0.717, 1.165) is 11.3 Å². The van der Waals surface area contributed by atoms with Crippen molar-refractivity contribution in [2.75, 3.05) is 14.2 Å². The number of methoxy groups -OCH3 is 1. The van der Waals surface area contributed by atoms with E-state index in [-0.39, 0.29) is 30.5 Å². The van der Waals surface area contributed by atoms with Crippen molar-refractivity contribution in [3.63, 3.8) is 0 Å². The summed E-state index contributed by atoms with van der Waals surface area (Å²) in [5.41, 5.74) is 1.76. The van der Waals surface area contributed by atoms with Crippen LogP contribution < -0.4 is 15.4 Å². The quantitative estimate of drug-likeness (QED) is 0.414. The summed E-state index contributed by atoms with van der Waals surface area (Å²) in [5, 5.41) is 15.0. The number of nitriles is 1. The standard InChI is InChI=1S/C18H19FN4O.HI/c1-21-18(23-12-15-5-3-4-6-17(15)24-2)22-11-14-8-7-13(10-20)9-16(14)19;/h3-9H,11-12H2,1-2H3,(H2,21,22,23);1H. The number of ether oxygens (including phenoxy) is 1. The normalized spacial score (nSPS) is 10.4. The maximum Gasteiger partial charge on any atom is 0.191 e. The zero-order valence-electron chi connectivity index (χ0n) is 14.0. The molecule has 2 aromatic carbocycles. The minimum atomic E-state index is -0.415. The monoisotopic (exact) mass is 454 g/mol. The highest BCUT2D eigenvalue weighted by Crippen LogP contribution is 2.16. The fourth-order valence-corrected chi connectivity index (χ4v) is 2.19. The van der Waals surface area contributed by atoms with Crippen molar-refractivity contribution in [3.05, 3.63) is 65.0 Å². The fraction of sp³-hybridized carbons (Fsp3) is 0.222. The first-order valence-corrected chi connectivity index (χ1v) is 7.43. The average Bonchev–Trinajstić information content (AvgIpc) is 2.63. The first kappa shape index (κ1) is 20.7. The van der Waals surface area contributed by atoms with E-state index >= 15 is 0 Å². The van der Waals surface area contributed by atoms with Crippen LogP contribution in [0.15, 0.2) is 47.5 Å². The maximum absolute atomic E-state index is 13.9. The minimum absolute atomic E-state index is 0. The molecule has 7 heteroatoms. The molecular weight excluding hydrogens is 434 g/mol. The molecule has 0 aromatic heterocycles. The second-order valence-corrected chi connectivity index (χ2v) is 5.01. The predicted octanol–water partition coefficient (Wildman–Crippen LogP) is 3.19. The molecule has 0 unspecified atom stereocenters. The van der Waals surface area contributed by atoms with Crippen molar-refractivity contribution >= 4 is 29.9 Å². The molecule has 0 fully saturated rings. The van der Waals surface area contributed by atoms with Gasteiger partial charge in [0.15, 0.2) is 5.96 Å². The number of aliphatic imine (C=N–C) groups is 1. The number of halogens is 2. The second kappa shape index (κ2) is 10.5. The van der Waals surface area contributed by atoms with Gasteiger partial charge in [-0.3, -0.25) is 4.99 Å². The summed E-state index contributed by atoms with van der Waals surface area (Å²) in [4.78, 5) is 4.12. The van der Waals surface area contributed by atoms with E-state index in [0.29, 0.717) is 23.6 Å². The first-order valence-electron chi connectivity index (χ1n) is 7.43. The Morgan fingerprint density at radius 3 is 2.44 bits per heavy atom. The van der Waals surface area contributed by atoms with Crippen molar-refractivity contribution in [2.24, 2.45) is 4.99 Å². The van der Waals surface area contributed by atoms with Crippen LogP contribution in [-0.2, 0) is 13.1 Å². The third-order valence-electron chi connectivity index (χ3n) is 3.49. The minimum Gasteiger partial charge on any atom is -0.496 e. The summed E-state index contributed by atoms with van der Waals surface area (Å²) in [6, 6.07) is 14.0. The molecule has 0 amide bonds. The molecule has 132 valence electrons. The lowest BCUT2D eigenvalue weighted by Crippen LogP contribution is -2.36. The Kier molecular flexibility index (Phi) is 8.70. The van der Waals surface area contributed by atoms with E-state index in [2.05, 4.69) is 15.6 Å². The number of nitrogens with one attached hydrogen (secondary N) is 2. The Hall–Kier alpha value is -2.34. The molecule has 0 saturated carbocycles. The van der Waals surface area contributed by atoms with Crippen LogP contribution in [0, 0.1) is 17.1 Å². The van der Waals surface area contributed by atoms with Gasteiger partial charge in [0.2, 0.25) is 0 Å². The number of guanidine groups is 1. The van der Waals surface area contributed by atoms with Gasteiger partial charge in [-0.05, 0) is 18.2 Å². The molecule has 2 rings (SSSR count). The molecule has 0 radical (unpaired) electrons. The van der Waals surface area contributed by atoms with Crippen LogP contribution in [0.4, 0.5) is 4.39 Å². The highest BCUT2D eigenvalue weighted by Gasteiger charge is 2.06. The summed E-state index contributed by atoms with van der Waals surface area (Å²) in [6.45, 7) is 0.794. The van der Waals surface area contributed by atoms with Gasteiger partial charge in [-0.2, -0.15) is 5.26 Å². The molecule has 0 aliphatic rings. The summed E-state index contributed by atoms with van der Waals surface area (Å²) in [6.07, 6.45) is 0. The Labute approximate surface area is 163 Å². The number of para-hydroxylation sites is 1. The lowest BCUT2D eigenvalue weighted by molar-refractivity contribution is 0.409. The van der Waals surface area contributed by atoms with E-state index in [4.69, 9.17) is 10.00 Å². The van der Waals surface area contributed by atoms with E-state index in [1.54, 1.807) is 26.3 Å². The van der Waals surface area contributed by atoms with Gasteiger partial charge in [0.05, 0.1) is 18.7 Å². The Balaban J connectivity index is 0.00000312. The number of benzene rings is 2. The molecule has 0 spiro atoms. The highest BCUT2D eigenvalue weighted by atomic mass is 127. The van der Waals surface area contributed by atoms with Crippen molar-refractivity contribution in [1.82, 2.24) is 10.6 Å². The van der Waals surface area contributed by atoms with Gasteiger partial charge in [-0.25, -0.2) is 4.39 Å². The molecule has 5 nitrogen and oxygen atoms in total. The molecule has 0 aliphatic heterocycles. The van der Waals surface area contributed by atoms with Gasteiger partial charge in [0.1, 0.15) is 11.6 Å². The molecular formula is C18H20FIN4O. The predicted molar refractivity (Wildman–Crippen MR) is 107 cm³/mol. The molecule has 2 N–H and O–H groups in total. The Morgan fingerprint density at radius 2 is 1.84 bits per heavy atom. The largest absolute Gasteiger partial charge is 0.496 e. The molecule has 25 heavy (non-hydrogen) atoms. The van der Waals surface area contributed by atoms with E-state index < -0.39 is 5.82 Å². The molecule has 0 aliphatic carbocycles. The first-order chi connectivity index (χ1) is 11.7. The van der Waals surface area contributed by atoms with Crippen LogP contribution in [-0.4, -0.2) is 20.1 Å². The van der Waals surface area contributed by atoms with Crippen LogP contribution in [0.1, 0.15) is 16.7 Å². The van der Waals surface area contributed by atoms with Gasteiger partial charge >= 0.3 is 0 Å². The lowest BCUT2D eigenvalue weighted by Gasteiger charge is -2.14. The highest BCUT2D eigenvalue weighted by molar-refractivity contribution is 14.0. The van der Waals surface area contributed by atoms with Crippen LogP contribution in [0.25, 0.3) is 0 Å². The van der Waals surface area contributed by atoms with Gasteiger partial charge in [0.25, 0.3) is 0 Å². The Bertz CT molecular complexity index is 774. The van der Waals surface area contributed by atoms with Gasteiger partial charge < -0.3 is 15.4 Å². The number of rotatable bonds is 5. The van der Waals surface area contributed by atoms with E-state index in [1.807, 2.05) is 30.3 Å². The molecule has 2 aromatic rings. The maximum atomic E-state index is 13.9. The van der Waals surface area contributed by atoms with Crippen LogP contribution >= 0.6 is 24.0 Å². The lowest BCUT2D eigenvalue weighted by atomic mass is 10.1.